The number of hydrogen-bond acceptors (Lipinski definition) is 4. The summed E-state index contributed by atoms with van der Waals surface area (Å²) in [7, 11) is -0.741. The highest BCUT2D eigenvalue weighted by atomic mass is 32.2. The van der Waals surface area contributed by atoms with E-state index in [1.165, 1.54) is 31.1 Å². The molecule has 1 heterocycles. The Morgan fingerprint density at radius 1 is 1.11 bits per heavy atom. The molecule has 0 bridgehead atoms. The second-order valence-corrected chi connectivity index (χ2v) is 8.40. The zero-order valence-corrected chi connectivity index (χ0v) is 15.8. The molecule has 2 aromatic carbocycles. The quantitative estimate of drug-likeness (QED) is 0.853. The number of amides is 2. The number of anilines is 1. The summed E-state index contributed by atoms with van der Waals surface area (Å²) >= 11 is 0. The molecular weight excluding hydrogens is 366 g/mol. The van der Waals surface area contributed by atoms with Crippen LogP contribution in [0.15, 0.2) is 60.0 Å². The van der Waals surface area contributed by atoms with Crippen molar-refractivity contribution in [3.05, 3.63) is 66.2 Å². The minimum atomic E-state index is -3.61. The van der Waals surface area contributed by atoms with Crippen LogP contribution in [-0.4, -0.2) is 50.1 Å². The monoisotopic (exact) mass is 385 g/mol. The SMILES string of the molecule is C=C1c2ccccc2C(=O)N1CC(=O)Nc1cccc(S(=O)(=O)N(C)C)c1. The van der Waals surface area contributed by atoms with E-state index < -0.39 is 15.9 Å². The van der Waals surface area contributed by atoms with E-state index in [4.69, 9.17) is 0 Å². The Morgan fingerprint density at radius 3 is 2.41 bits per heavy atom. The number of sulfonamides is 1. The summed E-state index contributed by atoms with van der Waals surface area (Å²) in [5, 5.41) is 2.63. The van der Waals surface area contributed by atoms with Gasteiger partial charge in [-0.3, -0.25) is 14.5 Å². The van der Waals surface area contributed by atoms with Crippen molar-refractivity contribution in [1.29, 1.82) is 0 Å². The van der Waals surface area contributed by atoms with Gasteiger partial charge in [0.25, 0.3) is 5.91 Å². The number of rotatable bonds is 5. The van der Waals surface area contributed by atoms with Gasteiger partial charge in [-0.1, -0.05) is 30.8 Å². The second kappa shape index (κ2) is 6.98. The minimum absolute atomic E-state index is 0.0689. The van der Waals surface area contributed by atoms with Gasteiger partial charge in [0.2, 0.25) is 15.9 Å². The zero-order valence-electron chi connectivity index (χ0n) is 15.0. The fraction of sp³-hybridized carbons (Fsp3) is 0.158. The van der Waals surface area contributed by atoms with Crippen molar-refractivity contribution in [2.75, 3.05) is 26.0 Å². The molecule has 0 unspecified atom stereocenters. The van der Waals surface area contributed by atoms with Crippen molar-refractivity contribution < 1.29 is 18.0 Å². The molecule has 1 aliphatic heterocycles. The van der Waals surface area contributed by atoms with Gasteiger partial charge in [-0.05, 0) is 24.3 Å². The van der Waals surface area contributed by atoms with Crippen molar-refractivity contribution in [1.82, 2.24) is 9.21 Å². The van der Waals surface area contributed by atoms with Crippen LogP contribution in [-0.2, 0) is 14.8 Å². The number of hydrogen-bond donors (Lipinski definition) is 1. The van der Waals surface area contributed by atoms with Gasteiger partial charge in [0.1, 0.15) is 6.54 Å². The van der Waals surface area contributed by atoms with E-state index >= 15 is 0 Å². The molecule has 140 valence electrons. The second-order valence-electron chi connectivity index (χ2n) is 6.25. The van der Waals surface area contributed by atoms with Crippen molar-refractivity contribution in [3.8, 4) is 0 Å². The maximum absolute atomic E-state index is 12.5. The molecule has 2 aromatic rings. The van der Waals surface area contributed by atoms with Crippen LogP contribution in [0.2, 0.25) is 0 Å². The van der Waals surface area contributed by atoms with E-state index in [-0.39, 0.29) is 17.3 Å². The van der Waals surface area contributed by atoms with Crippen LogP contribution in [0.5, 0.6) is 0 Å². The number of nitrogens with zero attached hydrogens (tertiary/aromatic N) is 2. The number of fused-ring (bicyclic) bond motifs is 1. The Hall–Kier alpha value is -2.97. The summed E-state index contributed by atoms with van der Waals surface area (Å²) < 4.78 is 25.5. The van der Waals surface area contributed by atoms with Gasteiger partial charge in [0.15, 0.2) is 0 Å². The summed E-state index contributed by atoms with van der Waals surface area (Å²) in [4.78, 5) is 26.2. The number of carbonyl (C=O) groups is 2. The predicted molar refractivity (Wildman–Crippen MR) is 102 cm³/mol. The fourth-order valence-electron chi connectivity index (χ4n) is 2.79. The first kappa shape index (κ1) is 18.8. The Morgan fingerprint density at radius 2 is 1.78 bits per heavy atom. The third-order valence-corrected chi connectivity index (χ3v) is 6.05. The molecule has 0 spiro atoms. The third kappa shape index (κ3) is 3.49. The van der Waals surface area contributed by atoms with Crippen LogP contribution in [0.3, 0.4) is 0 Å². The Balaban J connectivity index is 1.75. The zero-order chi connectivity index (χ0) is 19.8. The highest BCUT2D eigenvalue weighted by Gasteiger charge is 2.31. The van der Waals surface area contributed by atoms with E-state index in [9.17, 15) is 18.0 Å². The third-order valence-electron chi connectivity index (χ3n) is 4.24. The maximum atomic E-state index is 12.5. The lowest BCUT2D eigenvalue weighted by Crippen LogP contribution is -2.32. The van der Waals surface area contributed by atoms with Crippen molar-refractivity contribution in [2.24, 2.45) is 0 Å². The van der Waals surface area contributed by atoms with Gasteiger partial charge >= 0.3 is 0 Å². The minimum Gasteiger partial charge on any atom is -0.324 e. The van der Waals surface area contributed by atoms with Crippen molar-refractivity contribution in [2.45, 2.75) is 4.90 Å². The van der Waals surface area contributed by atoms with Crippen LogP contribution >= 0.6 is 0 Å². The molecule has 1 aliphatic rings. The van der Waals surface area contributed by atoms with Gasteiger partial charge in [-0.25, -0.2) is 12.7 Å². The van der Waals surface area contributed by atoms with E-state index in [0.717, 1.165) is 4.31 Å². The van der Waals surface area contributed by atoms with Crippen LogP contribution < -0.4 is 5.32 Å². The summed E-state index contributed by atoms with van der Waals surface area (Å²) in [6, 6.07) is 13.0. The van der Waals surface area contributed by atoms with Crippen LogP contribution in [0.25, 0.3) is 5.70 Å². The molecule has 1 N–H and O–H groups in total. The van der Waals surface area contributed by atoms with Gasteiger partial charge in [0.05, 0.1) is 4.90 Å². The molecule has 27 heavy (non-hydrogen) atoms. The molecule has 0 atom stereocenters. The van der Waals surface area contributed by atoms with E-state index in [1.807, 2.05) is 0 Å². The lowest BCUT2D eigenvalue weighted by Gasteiger charge is -2.17. The Kier molecular flexibility index (Phi) is 4.86. The van der Waals surface area contributed by atoms with Crippen LogP contribution in [0, 0.1) is 0 Å². The number of carbonyl (C=O) groups excluding carboxylic acids is 2. The molecule has 0 aliphatic carbocycles. The molecule has 0 fully saturated rings. The highest BCUT2D eigenvalue weighted by molar-refractivity contribution is 7.89. The summed E-state index contributed by atoms with van der Waals surface area (Å²) in [6.07, 6.45) is 0. The molecule has 0 saturated carbocycles. The standard InChI is InChI=1S/C19H19N3O4S/c1-13-16-9-4-5-10-17(16)19(24)22(13)12-18(23)20-14-7-6-8-15(11-14)27(25,26)21(2)3/h4-11H,1,12H2,2-3H3,(H,20,23). The lowest BCUT2D eigenvalue weighted by molar-refractivity contribution is -0.116. The molecule has 7 nitrogen and oxygen atoms in total. The summed E-state index contributed by atoms with van der Waals surface area (Å²) in [5.74, 6) is -0.730. The topological polar surface area (TPSA) is 86.8 Å². The molecule has 0 radical (unpaired) electrons. The average molecular weight is 385 g/mol. The molecule has 8 heteroatoms. The first-order chi connectivity index (χ1) is 12.7. The van der Waals surface area contributed by atoms with Crippen molar-refractivity contribution in [3.63, 3.8) is 0 Å². The van der Waals surface area contributed by atoms with Gasteiger partial charge in [-0.15, -0.1) is 0 Å². The first-order valence-electron chi connectivity index (χ1n) is 8.14. The normalized spacial score (nSPS) is 13.8. The fourth-order valence-corrected chi connectivity index (χ4v) is 3.74. The average Bonchev–Trinajstić information content (AvgIpc) is 2.87. The Labute approximate surface area is 158 Å². The van der Waals surface area contributed by atoms with Crippen molar-refractivity contribution >= 4 is 33.2 Å². The summed E-state index contributed by atoms with van der Waals surface area (Å²) in [5.41, 5.74) is 2.01. The van der Waals surface area contributed by atoms with Gasteiger partial charge in [-0.2, -0.15) is 0 Å². The van der Waals surface area contributed by atoms with E-state index in [0.29, 0.717) is 22.5 Å². The highest BCUT2D eigenvalue weighted by Crippen LogP contribution is 2.30. The molecule has 0 aromatic heterocycles. The molecular formula is C19H19N3O4S. The van der Waals surface area contributed by atoms with Gasteiger partial charge in [0, 0.05) is 36.6 Å². The first-order valence-corrected chi connectivity index (χ1v) is 9.58. The van der Waals surface area contributed by atoms with E-state index in [2.05, 4.69) is 11.9 Å². The lowest BCUT2D eigenvalue weighted by atomic mass is 10.1. The van der Waals surface area contributed by atoms with E-state index in [1.54, 1.807) is 36.4 Å². The molecule has 0 saturated heterocycles. The smallest absolute Gasteiger partial charge is 0.259 e. The Bertz CT molecular complexity index is 1010. The largest absolute Gasteiger partial charge is 0.324 e. The van der Waals surface area contributed by atoms with Crippen LogP contribution in [0.4, 0.5) is 5.69 Å². The van der Waals surface area contributed by atoms with Gasteiger partial charge < -0.3 is 5.32 Å². The summed E-state index contributed by atoms with van der Waals surface area (Å²) in [6.45, 7) is 3.68. The maximum Gasteiger partial charge on any atom is 0.259 e. The molecule has 2 amide bonds. The molecule has 3 rings (SSSR count). The number of benzene rings is 2. The number of nitrogens with one attached hydrogen (secondary N) is 1. The predicted octanol–water partition coefficient (Wildman–Crippen LogP) is 2.00. The van der Waals surface area contributed by atoms with Crippen LogP contribution in [0.1, 0.15) is 15.9 Å².